The number of hydrogen-bond acceptors (Lipinski definition) is 4. The van der Waals surface area contributed by atoms with Crippen LogP contribution in [0.1, 0.15) is 48.3 Å². The van der Waals surface area contributed by atoms with E-state index in [-0.39, 0.29) is 11.5 Å². The molecule has 0 saturated heterocycles. The van der Waals surface area contributed by atoms with Crippen molar-refractivity contribution in [3.63, 3.8) is 0 Å². The first-order valence-electron chi connectivity index (χ1n) is 8.15. The summed E-state index contributed by atoms with van der Waals surface area (Å²) in [7, 11) is 0. The summed E-state index contributed by atoms with van der Waals surface area (Å²) in [5.41, 5.74) is 1.06. The molecule has 1 amide bonds. The Morgan fingerprint density at radius 3 is 2.27 bits per heavy atom. The number of Topliss-reactive ketones (excluding diaryl/α,β-unsaturated/α-hetero) is 1. The standard InChI is InChI=1S/C20H22ClNO4/c1-12-5-6-14(11-16(12)21)17(22-19(25)26-20(2,3)4)18(24)13-7-9-15(23)10-8-13/h5-11,17,23H,1-4H3,(H,22,25). The second-order valence-electron chi connectivity index (χ2n) is 7.00. The highest BCUT2D eigenvalue weighted by Crippen LogP contribution is 2.25. The fourth-order valence-corrected chi connectivity index (χ4v) is 2.50. The fraction of sp³-hybridized carbons (Fsp3) is 0.300. The van der Waals surface area contributed by atoms with Crippen LogP contribution in [-0.4, -0.2) is 22.6 Å². The normalized spacial score (nSPS) is 12.3. The molecule has 0 aliphatic carbocycles. The lowest BCUT2D eigenvalue weighted by Crippen LogP contribution is -2.38. The number of rotatable bonds is 4. The van der Waals surface area contributed by atoms with Gasteiger partial charge < -0.3 is 15.2 Å². The third kappa shape index (κ3) is 5.23. The summed E-state index contributed by atoms with van der Waals surface area (Å²) in [6.45, 7) is 7.08. The zero-order valence-electron chi connectivity index (χ0n) is 15.2. The van der Waals surface area contributed by atoms with Gasteiger partial charge in [-0.25, -0.2) is 4.79 Å². The zero-order valence-corrected chi connectivity index (χ0v) is 15.9. The van der Waals surface area contributed by atoms with E-state index in [1.54, 1.807) is 39.0 Å². The maximum atomic E-state index is 13.0. The van der Waals surface area contributed by atoms with E-state index in [2.05, 4.69) is 5.32 Å². The Kier molecular flexibility index (Phi) is 5.93. The predicted octanol–water partition coefficient (Wildman–Crippen LogP) is 4.80. The summed E-state index contributed by atoms with van der Waals surface area (Å²) in [5, 5.41) is 12.5. The van der Waals surface area contributed by atoms with Gasteiger partial charge in [0.2, 0.25) is 0 Å². The third-order valence-corrected chi connectivity index (χ3v) is 4.01. The molecule has 5 nitrogen and oxygen atoms in total. The van der Waals surface area contributed by atoms with Gasteiger partial charge in [0, 0.05) is 10.6 Å². The number of benzene rings is 2. The lowest BCUT2D eigenvalue weighted by Gasteiger charge is -2.23. The number of carbonyl (C=O) groups excluding carboxylic acids is 2. The van der Waals surface area contributed by atoms with Gasteiger partial charge in [0.1, 0.15) is 17.4 Å². The summed E-state index contributed by atoms with van der Waals surface area (Å²) in [4.78, 5) is 25.2. The Morgan fingerprint density at radius 2 is 1.73 bits per heavy atom. The second-order valence-corrected chi connectivity index (χ2v) is 7.41. The lowest BCUT2D eigenvalue weighted by atomic mass is 9.96. The lowest BCUT2D eigenvalue weighted by molar-refractivity contribution is 0.0490. The number of carbonyl (C=O) groups is 2. The van der Waals surface area contributed by atoms with Crippen LogP contribution in [0.3, 0.4) is 0 Å². The molecular formula is C20H22ClNO4. The van der Waals surface area contributed by atoms with Gasteiger partial charge in [-0.1, -0.05) is 23.7 Å². The maximum Gasteiger partial charge on any atom is 0.408 e. The van der Waals surface area contributed by atoms with E-state index in [9.17, 15) is 14.7 Å². The van der Waals surface area contributed by atoms with E-state index < -0.39 is 17.7 Å². The summed E-state index contributed by atoms with van der Waals surface area (Å²) >= 11 is 6.18. The molecule has 0 spiro atoms. The molecule has 26 heavy (non-hydrogen) atoms. The van der Waals surface area contributed by atoms with Crippen LogP contribution in [0.2, 0.25) is 5.02 Å². The van der Waals surface area contributed by atoms with Crippen LogP contribution in [0.15, 0.2) is 42.5 Å². The van der Waals surface area contributed by atoms with Crippen LogP contribution < -0.4 is 5.32 Å². The minimum atomic E-state index is -0.965. The summed E-state index contributed by atoms with van der Waals surface area (Å²) in [6.07, 6.45) is -0.702. The van der Waals surface area contributed by atoms with E-state index in [4.69, 9.17) is 16.3 Å². The number of aromatic hydroxyl groups is 1. The van der Waals surface area contributed by atoms with Crippen LogP contribution in [0.25, 0.3) is 0 Å². The summed E-state index contributed by atoms with van der Waals surface area (Å²) < 4.78 is 5.27. The molecular weight excluding hydrogens is 354 g/mol. The highest BCUT2D eigenvalue weighted by Gasteiger charge is 2.27. The van der Waals surface area contributed by atoms with Gasteiger partial charge in [0.15, 0.2) is 5.78 Å². The van der Waals surface area contributed by atoms with Gasteiger partial charge in [0.25, 0.3) is 0 Å². The SMILES string of the molecule is Cc1ccc(C(NC(=O)OC(C)(C)C)C(=O)c2ccc(O)cc2)cc1Cl. The van der Waals surface area contributed by atoms with E-state index in [1.807, 2.05) is 6.92 Å². The zero-order chi connectivity index (χ0) is 19.5. The first kappa shape index (κ1) is 19.8. The quantitative estimate of drug-likeness (QED) is 0.752. The van der Waals surface area contributed by atoms with Crippen molar-refractivity contribution < 1.29 is 19.4 Å². The van der Waals surface area contributed by atoms with Crippen LogP contribution in [-0.2, 0) is 4.74 Å². The Balaban J connectivity index is 2.37. The van der Waals surface area contributed by atoms with E-state index >= 15 is 0 Å². The number of phenols is 1. The van der Waals surface area contributed by atoms with Crippen molar-refractivity contribution in [1.29, 1.82) is 0 Å². The largest absolute Gasteiger partial charge is 0.508 e. The first-order chi connectivity index (χ1) is 12.1. The van der Waals surface area contributed by atoms with Gasteiger partial charge in [-0.2, -0.15) is 0 Å². The van der Waals surface area contributed by atoms with E-state index in [0.29, 0.717) is 16.1 Å². The van der Waals surface area contributed by atoms with Gasteiger partial charge in [-0.05, 0) is 69.2 Å². The average Bonchev–Trinajstić information content (AvgIpc) is 2.54. The molecule has 0 radical (unpaired) electrons. The van der Waals surface area contributed by atoms with Crippen LogP contribution in [0.5, 0.6) is 5.75 Å². The van der Waals surface area contributed by atoms with Crippen LogP contribution in [0.4, 0.5) is 4.79 Å². The monoisotopic (exact) mass is 375 g/mol. The molecule has 0 aromatic heterocycles. The van der Waals surface area contributed by atoms with Crippen LogP contribution >= 0.6 is 11.6 Å². The van der Waals surface area contributed by atoms with E-state index in [1.165, 1.54) is 24.3 Å². The first-order valence-corrected chi connectivity index (χ1v) is 8.53. The number of ether oxygens (including phenoxy) is 1. The molecule has 0 heterocycles. The maximum absolute atomic E-state index is 13.0. The van der Waals surface area contributed by atoms with Crippen molar-refractivity contribution in [3.8, 4) is 5.75 Å². The van der Waals surface area contributed by atoms with Crippen molar-refractivity contribution in [2.24, 2.45) is 0 Å². The highest BCUT2D eigenvalue weighted by molar-refractivity contribution is 6.31. The predicted molar refractivity (Wildman–Crippen MR) is 101 cm³/mol. The molecule has 2 aromatic carbocycles. The topological polar surface area (TPSA) is 75.6 Å². The molecule has 2 rings (SSSR count). The van der Waals surface area contributed by atoms with E-state index in [0.717, 1.165) is 5.56 Å². The molecule has 2 N–H and O–H groups in total. The molecule has 138 valence electrons. The Hall–Kier alpha value is -2.53. The minimum Gasteiger partial charge on any atom is -0.508 e. The fourth-order valence-electron chi connectivity index (χ4n) is 2.31. The molecule has 1 atom stereocenters. The van der Waals surface area contributed by atoms with Gasteiger partial charge in [-0.3, -0.25) is 4.79 Å². The van der Waals surface area contributed by atoms with Crippen molar-refractivity contribution in [2.75, 3.05) is 0 Å². The number of nitrogens with one attached hydrogen (secondary N) is 1. The average molecular weight is 376 g/mol. The second kappa shape index (κ2) is 7.79. The van der Waals surface area contributed by atoms with Gasteiger partial charge in [0.05, 0.1) is 0 Å². The number of alkyl carbamates (subject to hydrolysis) is 1. The summed E-state index contributed by atoms with van der Waals surface area (Å²) in [6, 6.07) is 10.0. The number of amides is 1. The molecule has 6 heteroatoms. The number of phenolic OH excluding ortho intramolecular Hbond substituents is 1. The molecule has 2 aromatic rings. The number of hydrogen-bond donors (Lipinski definition) is 2. The third-order valence-electron chi connectivity index (χ3n) is 3.60. The Morgan fingerprint density at radius 1 is 1.12 bits per heavy atom. The van der Waals surface area contributed by atoms with Crippen molar-refractivity contribution in [2.45, 2.75) is 39.3 Å². The van der Waals surface area contributed by atoms with Crippen LogP contribution in [0, 0.1) is 6.92 Å². The smallest absolute Gasteiger partial charge is 0.408 e. The van der Waals surface area contributed by atoms with Gasteiger partial charge in [-0.15, -0.1) is 0 Å². The van der Waals surface area contributed by atoms with Crippen molar-refractivity contribution >= 4 is 23.5 Å². The number of ketones is 1. The minimum absolute atomic E-state index is 0.0524. The number of halogens is 1. The Bertz CT molecular complexity index is 810. The molecule has 0 saturated carbocycles. The van der Waals surface area contributed by atoms with Gasteiger partial charge >= 0.3 is 6.09 Å². The molecule has 0 fully saturated rings. The molecule has 0 bridgehead atoms. The molecule has 0 aliphatic rings. The van der Waals surface area contributed by atoms with Crippen molar-refractivity contribution in [3.05, 3.63) is 64.2 Å². The van der Waals surface area contributed by atoms with Crippen molar-refractivity contribution in [1.82, 2.24) is 5.32 Å². The molecule has 0 aliphatic heterocycles. The molecule has 1 unspecified atom stereocenters. The highest BCUT2D eigenvalue weighted by atomic mass is 35.5. The number of aryl methyl sites for hydroxylation is 1. The summed E-state index contributed by atoms with van der Waals surface area (Å²) in [5.74, 6) is -0.285. The Labute approximate surface area is 157 Å².